The van der Waals surface area contributed by atoms with Crippen molar-refractivity contribution >= 4 is 32.6 Å². The van der Waals surface area contributed by atoms with Crippen LogP contribution in [0.25, 0.3) is 10.2 Å². The van der Waals surface area contributed by atoms with Gasteiger partial charge in [0.15, 0.2) is 6.54 Å². The van der Waals surface area contributed by atoms with Gasteiger partial charge in [0.2, 0.25) is 0 Å². The largest absolute Gasteiger partial charge is 1.00 e. The van der Waals surface area contributed by atoms with Crippen molar-refractivity contribution in [1.82, 2.24) is 4.90 Å². The second-order valence-corrected chi connectivity index (χ2v) is 5.83. The van der Waals surface area contributed by atoms with Gasteiger partial charge in [-0.25, -0.2) is 4.57 Å². The minimum atomic E-state index is -4.74. The van der Waals surface area contributed by atoms with E-state index >= 15 is 0 Å². The third-order valence-corrected chi connectivity index (χ3v) is 4.32. The highest BCUT2D eigenvalue weighted by Gasteiger charge is 2.31. The lowest BCUT2D eigenvalue weighted by molar-refractivity contribution is -0.641. The number of amides is 1. The zero-order valence-corrected chi connectivity index (χ0v) is 14.6. The summed E-state index contributed by atoms with van der Waals surface area (Å²) in [5.74, 6) is -0.407. The molecular formula is C14H17ClF3N3O2S. The SMILES string of the molecule is CCN(CC)C(=O)C[n+]1c(N)sc2cc(OC(F)(F)F)ccc21.[Cl-]. The van der Waals surface area contributed by atoms with Crippen LogP contribution < -0.4 is 27.4 Å². The summed E-state index contributed by atoms with van der Waals surface area (Å²) < 4.78 is 42.8. The minimum Gasteiger partial charge on any atom is -1.00 e. The number of anilines is 1. The molecule has 2 aromatic rings. The number of alkyl halides is 3. The standard InChI is InChI=1S/C14H16F3N3O2S.ClH/c1-3-19(4-2)12(21)8-20-10-6-5-9(22-14(15,16)17)7-11(10)23-13(20)18;/h5-7,18H,3-4,8H2,1-2H3;1H. The van der Waals surface area contributed by atoms with Crippen molar-refractivity contribution in [3.05, 3.63) is 18.2 Å². The molecule has 0 aliphatic heterocycles. The van der Waals surface area contributed by atoms with E-state index in [-0.39, 0.29) is 30.6 Å². The Bertz CT molecular complexity index is 717. The van der Waals surface area contributed by atoms with E-state index in [1.165, 1.54) is 18.2 Å². The summed E-state index contributed by atoms with van der Waals surface area (Å²) in [6, 6.07) is 3.95. The minimum absolute atomic E-state index is 0. The molecule has 1 heterocycles. The fourth-order valence-corrected chi connectivity index (χ4v) is 3.21. The van der Waals surface area contributed by atoms with Gasteiger partial charge in [0, 0.05) is 19.2 Å². The van der Waals surface area contributed by atoms with Crippen LogP contribution in [0.1, 0.15) is 13.8 Å². The summed E-state index contributed by atoms with van der Waals surface area (Å²) in [6.45, 7) is 4.97. The average Bonchev–Trinajstić information content (AvgIpc) is 2.74. The van der Waals surface area contributed by atoms with Crippen molar-refractivity contribution in [2.24, 2.45) is 0 Å². The number of hydrogen-bond donors (Lipinski definition) is 1. The number of halogens is 4. The fraction of sp³-hybridized carbons (Fsp3) is 0.429. The Kier molecular flexibility index (Phi) is 6.67. The summed E-state index contributed by atoms with van der Waals surface area (Å²) in [5.41, 5.74) is 6.51. The van der Waals surface area contributed by atoms with Gasteiger partial charge in [0.1, 0.15) is 11.3 Å². The first-order valence-electron chi connectivity index (χ1n) is 7.00. The van der Waals surface area contributed by atoms with Crippen molar-refractivity contribution in [1.29, 1.82) is 0 Å². The molecule has 1 amide bonds. The number of carbonyl (C=O) groups is 1. The molecule has 0 aliphatic rings. The molecule has 2 N–H and O–H groups in total. The van der Waals surface area contributed by atoms with Crippen LogP contribution in [0, 0.1) is 0 Å². The molecule has 2 rings (SSSR count). The molecule has 1 aromatic carbocycles. The van der Waals surface area contributed by atoms with E-state index < -0.39 is 6.36 Å². The van der Waals surface area contributed by atoms with Gasteiger partial charge in [-0.2, -0.15) is 0 Å². The Balaban J connectivity index is 0.00000288. The van der Waals surface area contributed by atoms with Crippen LogP contribution in [0.3, 0.4) is 0 Å². The Morgan fingerprint density at radius 1 is 1.33 bits per heavy atom. The third kappa shape index (κ3) is 4.64. The fourth-order valence-electron chi connectivity index (χ4n) is 2.26. The molecule has 0 saturated carbocycles. The normalized spacial score (nSPS) is 11.2. The van der Waals surface area contributed by atoms with Crippen LogP contribution in [0.2, 0.25) is 0 Å². The van der Waals surface area contributed by atoms with Crippen molar-refractivity contribution in [2.45, 2.75) is 26.8 Å². The van der Waals surface area contributed by atoms with Crippen molar-refractivity contribution in [3.8, 4) is 5.75 Å². The number of nitrogens with zero attached hydrogens (tertiary/aromatic N) is 2. The monoisotopic (exact) mass is 383 g/mol. The maximum Gasteiger partial charge on any atom is 0.573 e. The quantitative estimate of drug-likeness (QED) is 0.711. The van der Waals surface area contributed by atoms with Crippen LogP contribution in [0.4, 0.5) is 18.3 Å². The highest BCUT2D eigenvalue weighted by molar-refractivity contribution is 7.21. The number of likely N-dealkylation sites (N-methyl/N-ethyl adjacent to an activating group) is 1. The van der Waals surface area contributed by atoms with Gasteiger partial charge in [-0.05, 0) is 37.3 Å². The predicted octanol–water partition coefficient (Wildman–Crippen LogP) is -0.458. The van der Waals surface area contributed by atoms with Gasteiger partial charge in [0.05, 0.1) is 4.70 Å². The highest BCUT2D eigenvalue weighted by Crippen LogP contribution is 2.29. The molecule has 0 unspecified atom stereocenters. The van der Waals surface area contributed by atoms with Crippen LogP contribution in [-0.2, 0) is 11.3 Å². The molecular weight excluding hydrogens is 367 g/mol. The molecule has 0 fully saturated rings. The summed E-state index contributed by atoms with van der Waals surface area (Å²) in [5, 5.41) is 0.352. The second-order valence-electron chi connectivity index (χ2n) is 4.77. The number of nitrogen functional groups attached to an aromatic ring is 1. The summed E-state index contributed by atoms with van der Waals surface area (Å²) in [7, 11) is 0. The van der Waals surface area contributed by atoms with E-state index in [1.54, 1.807) is 9.47 Å². The first kappa shape index (κ1) is 20.3. The third-order valence-electron chi connectivity index (χ3n) is 3.35. The summed E-state index contributed by atoms with van der Waals surface area (Å²) in [4.78, 5) is 13.9. The number of rotatable bonds is 5. The molecule has 10 heteroatoms. The van der Waals surface area contributed by atoms with Crippen LogP contribution in [0.15, 0.2) is 18.2 Å². The number of fused-ring (bicyclic) bond motifs is 1. The first-order valence-corrected chi connectivity index (χ1v) is 7.82. The molecule has 0 radical (unpaired) electrons. The second kappa shape index (κ2) is 7.89. The molecule has 1 aromatic heterocycles. The van der Waals surface area contributed by atoms with Crippen LogP contribution in [-0.4, -0.2) is 30.3 Å². The van der Waals surface area contributed by atoms with E-state index in [9.17, 15) is 18.0 Å². The van der Waals surface area contributed by atoms with E-state index in [4.69, 9.17) is 5.73 Å². The van der Waals surface area contributed by atoms with Crippen molar-refractivity contribution in [3.63, 3.8) is 0 Å². The van der Waals surface area contributed by atoms with Crippen LogP contribution >= 0.6 is 11.3 Å². The van der Waals surface area contributed by atoms with Gasteiger partial charge in [0.25, 0.3) is 5.91 Å². The average molecular weight is 384 g/mol. The lowest BCUT2D eigenvalue weighted by atomic mass is 10.3. The Morgan fingerprint density at radius 3 is 2.50 bits per heavy atom. The number of ether oxygens (including phenoxy) is 1. The predicted molar refractivity (Wildman–Crippen MR) is 81.0 cm³/mol. The Labute approximate surface area is 147 Å². The lowest BCUT2D eigenvalue weighted by Crippen LogP contribution is -3.00. The molecule has 0 atom stereocenters. The molecule has 5 nitrogen and oxygen atoms in total. The number of thiazole rings is 1. The number of benzene rings is 1. The smallest absolute Gasteiger partial charge is 0.573 e. The lowest BCUT2D eigenvalue weighted by Gasteiger charge is -2.17. The van der Waals surface area contributed by atoms with E-state index in [1.807, 2.05) is 13.8 Å². The molecule has 0 saturated heterocycles. The first-order chi connectivity index (χ1) is 10.7. The number of aromatic nitrogens is 1. The molecule has 24 heavy (non-hydrogen) atoms. The van der Waals surface area contributed by atoms with E-state index in [0.29, 0.717) is 28.4 Å². The Morgan fingerprint density at radius 2 is 1.96 bits per heavy atom. The van der Waals surface area contributed by atoms with Gasteiger partial charge in [-0.3, -0.25) is 10.5 Å². The maximum absolute atomic E-state index is 12.3. The number of hydrogen-bond acceptors (Lipinski definition) is 4. The zero-order valence-electron chi connectivity index (χ0n) is 13.1. The summed E-state index contributed by atoms with van der Waals surface area (Å²) in [6.07, 6.45) is -4.74. The van der Waals surface area contributed by atoms with Crippen molar-refractivity contribution in [2.75, 3.05) is 18.8 Å². The van der Waals surface area contributed by atoms with Gasteiger partial charge in [-0.1, -0.05) is 0 Å². The zero-order chi connectivity index (χ0) is 17.2. The van der Waals surface area contributed by atoms with Gasteiger partial charge in [-0.15, -0.1) is 13.2 Å². The van der Waals surface area contributed by atoms with Crippen molar-refractivity contribution < 1.29 is 39.7 Å². The highest BCUT2D eigenvalue weighted by atomic mass is 35.5. The van der Waals surface area contributed by atoms with Crippen LogP contribution in [0.5, 0.6) is 5.75 Å². The number of carbonyl (C=O) groups excluding carboxylic acids is 1. The maximum atomic E-state index is 12.3. The topological polar surface area (TPSA) is 59.4 Å². The molecule has 134 valence electrons. The Hall–Kier alpha value is -1.74. The van der Waals surface area contributed by atoms with E-state index in [2.05, 4.69) is 4.74 Å². The number of nitrogens with two attached hydrogens (primary N) is 1. The van der Waals surface area contributed by atoms with Gasteiger partial charge < -0.3 is 22.0 Å². The van der Waals surface area contributed by atoms with Gasteiger partial charge >= 0.3 is 11.5 Å². The summed E-state index contributed by atoms with van der Waals surface area (Å²) >= 11 is 1.11. The van der Waals surface area contributed by atoms with E-state index in [0.717, 1.165) is 11.3 Å². The molecule has 0 bridgehead atoms. The molecule has 0 spiro atoms. The molecule has 0 aliphatic carbocycles.